The van der Waals surface area contributed by atoms with E-state index in [4.69, 9.17) is 21.8 Å². The molecule has 0 fully saturated rings. The molecule has 3 N–H and O–H groups in total. The summed E-state index contributed by atoms with van der Waals surface area (Å²) in [6.45, 7) is 2.78. The van der Waals surface area contributed by atoms with Gasteiger partial charge in [-0.25, -0.2) is 4.68 Å². The molecule has 1 unspecified atom stereocenters. The number of nitrogens with zero attached hydrogens (tertiary/aromatic N) is 2. The SMILES string of the molecule is CCC(CCO)CNc1cnn(CCO)c(=O)c1Cl. The van der Waals surface area contributed by atoms with Crippen LogP contribution in [-0.2, 0) is 6.54 Å². The Balaban J connectivity index is 2.74. The minimum atomic E-state index is -0.420. The minimum Gasteiger partial charge on any atom is -0.396 e. The van der Waals surface area contributed by atoms with Crippen molar-refractivity contribution in [1.29, 1.82) is 0 Å². The number of halogens is 1. The van der Waals surface area contributed by atoms with E-state index in [0.29, 0.717) is 24.6 Å². The zero-order valence-electron chi connectivity index (χ0n) is 11.0. The lowest BCUT2D eigenvalue weighted by atomic mass is 10.0. The second-order valence-corrected chi connectivity index (χ2v) is 4.67. The van der Waals surface area contributed by atoms with Crippen LogP contribution in [0.1, 0.15) is 19.8 Å². The molecule has 0 saturated heterocycles. The van der Waals surface area contributed by atoms with Crippen molar-refractivity contribution in [1.82, 2.24) is 9.78 Å². The lowest BCUT2D eigenvalue weighted by Gasteiger charge is -2.16. The fraction of sp³-hybridized carbons (Fsp3) is 0.667. The number of aliphatic hydroxyl groups is 2. The van der Waals surface area contributed by atoms with E-state index in [2.05, 4.69) is 10.4 Å². The predicted molar refractivity (Wildman–Crippen MR) is 74.6 cm³/mol. The molecule has 0 aliphatic rings. The molecule has 1 atom stereocenters. The summed E-state index contributed by atoms with van der Waals surface area (Å²) in [5, 5.41) is 24.8. The number of anilines is 1. The van der Waals surface area contributed by atoms with E-state index in [1.807, 2.05) is 6.92 Å². The molecule has 0 amide bonds. The van der Waals surface area contributed by atoms with E-state index in [1.54, 1.807) is 0 Å². The zero-order chi connectivity index (χ0) is 14.3. The first-order chi connectivity index (χ1) is 9.13. The van der Waals surface area contributed by atoms with Gasteiger partial charge in [0.2, 0.25) is 0 Å². The van der Waals surface area contributed by atoms with E-state index < -0.39 is 5.56 Å². The highest BCUT2D eigenvalue weighted by molar-refractivity contribution is 6.32. The van der Waals surface area contributed by atoms with Gasteiger partial charge in [0.1, 0.15) is 5.02 Å². The largest absolute Gasteiger partial charge is 0.396 e. The Morgan fingerprint density at radius 3 is 2.79 bits per heavy atom. The third-order valence-electron chi connectivity index (χ3n) is 2.99. The van der Waals surface area contributed by atoms with Crippen LogP contribution in [0.15, 0.2) is 11.0 Å². The first-order valence-electron chi connectivity index (χ1n) is 6.35. The van der Waals surface area contributed by atoms with Crippen LogP contribution < -0.4 is 10.9 Å². The fourth-order valence-electron chi connectivity index (χ4n) is 1.73. The van der Waals surface area contributed by atoms with Gasteiger partial charge in [0.05, 0.1) is 25.0 Å². The molecule has 0 radical (unpaired) electrons. The lowest BCUT2D eigenvalue weighted by molar-refractivity contribution is 0.258. The standard InChI is InChI=1S/C12H20ClN3O3/c1-2-9(3-5-17)7-14-10-8-15-16(4-6-18)12(19)11(10)13/h8-9,14,17-18H,2-7H2,1H3. The summed E-state index contributed by atoms with van der Waals surface area (Å²) in [7, 11) is 0. The van der Waals surface area contributed by atoms with Crippen molar-refractivity contribution >= 4 is 17.3 Å². The van der Waals surface area contributed by atoms with Gasteiger partial charge in [-0.15, -0.1) is 0 Å². The zero-order valence-corrected chi connectivity index (χ0v) is 11.7. The molecule has 1 rings (SSSR count). The highest BCUT2D eigenvalue weighted by atomic mass is 35.5. The first kappa shape index (κ1) is 15.9. The van der Waals surface area contributed by atoms with Crippen LogP contribution in [0.3, 0.4) is 0 Å². The van der Waals surface area contributed by atoms with Gasteiger partial charge in [-0.1, -0.05) is 24.9 Å². The highest BCUT2D eigenvalue weighted by Gasteiger charge is 2.11. The second-order valence-electron chi connectivity index (χ2n) is 4.29. The first-order valence-corrected chi connectivity index (χ1v) is 6.73. The van der Waals surface area contributed by atoms with Gasteiger partial charge < -0.3 is 15.5 Å². The van der Waals surface area contributed by atoms with Crippen molar-refractivity contribution in [2.45, 2.75) is 26.3 Å². The normalized spacial score (nSPS) is 12.4. The average molecular weight is 290 g/mol. The van der Waals surface area contributed by atoms with Gasteiger partial charge >= 0.3 is 0 Å². The number of aliphatic hydroxyl groups excluding tert-OH is 2. The Labute approximate surface area is 117 Å². The molecule has 0 aliphatic heterocycles. The summed E-state index contributed by atoms with van der Waals surface area (Å²) >= 11 is 5.97. The number of rotatable bonds is 8. The van der Waals surface area contributed by atoms with Crippen LogP contribution in [0.2, 0.25) is 5.02 Å². The smallest absolute Gasteiger partial charge is 0.287 e. The molecular formula is C12H20ClN3O3. The van der Waals surface area contributed by atoms with Gasteiger partial charge in [0, 0.05) is 13.2 Å². The molecule has 1 aromatic heterocycles. The molecule has 0 aromatic carbocycles. The molecule has 19 heavy (non-hydrogen) atoms. The van der Waals surface area contributed by atoms with Crippen molar-refractivity contribution in [3.05, 3.63) is 21.6 Å². The number of nitrogens with one attached hydrogen (secondary N) is 1. The van der Waals surface area contributed by atoms with E-state index in [-0.39, 0.29) is 24.8 Å². The Morgan fingerprint density at radius 1 is 1.47 bits per heavy atom. The Bertz CT molecular complexity index is 450. The van der Waals surface area contributed by atoms with Gasteiger partial charge in [-0.3, -0.25) is 4.79 Å². The molecular weight excluding hydrogens is 270 g/mol. The molecule has 1 aromatic rings. The second kappa shape index (κ2) is 8.14. The lowest BCUT2D eigenvalue weighted by Crippen LogP contribution is -2.26. The van der Waals surface area contributed by atoms with Crippen molar-refractivity contribution in [2.75, 3.05) is 25.1 Å². The topological polar surface area (TPSA) is 87.4 Å². The van der Waals surface area contributed by atoms with Crippen LogP contribution in [0.5, 0.6) is 0 Å². The van der Waals surface area contributed by atoms with E-state index >= 15 is 0 Å². The van der Waals surface area contributed by atoms with Crippen molar-refractivity contribution in [2.24, 2.45) is 5.92 Å². The van der Waals surface area contributed by atoms with Crippen molar-refractivity contribution < 1.29 is 10.2 Å². The maximum absolute atomic E-state index is 11.8. The summed E-state index contributed by atoms with van der Waals surface area (Å²) < 4.78 is 1.12. The van der Waals surface area contributed by atoms with Gasteiger partial charge in [0.15, 0.2) is 0 Å². The number of hydrogen-bond acceptors (Lipinski definition) is 5. The van der Waals surface area contributed by atoms with E-state index in [9.17, 15) is 4.79 Å². The van der Waals surface area contributed by atoms with Crippen LogP contribution >= 0.6 is 11.6 Å². The molecule has 0 saturated carbocycles. The van der Waals surface area contributed by atoms with Gasteiger partial charge in [0.25, 0.3) is 5.56 Å². The highest BCUT2D eigenvalue weighted by Crippen LogP contribution is 2.17. The summed E-state index contributed by atoms with van der Waals surface area (Å²) in [4.78, 5) is 11.8. The molecule has 0 bridgehead atoms. The quantitative estimate of drug-likeness (QED) is 0.656. The van der Waals surface area contributed by atoms with E-state index in [0.717, 1.165) is 11.1 Å². The maximum atomic E-state index is 11.8. The van der Waals surface area contributed by atoms with Crippen molar-refractivity contribution in [3.8, 4) is 0 Å². The third-order valence-corrected chi connectivity index (χ3v) is 3.36. The molecule has 108 valence electrons. The monoisotopic (exact) mass is 289 g/mol. The Hall–Kier alpha value is -1.11. The van der Waals surface area contributed by atoms with Crippen molar-refractivity contribution in [3.63, 3.8) is 0 Å². The molecule has 0 spiro atoms. The van der Waals surface area contributed by atoms with Gasteiger partial charge in [-0.05, 0) is 12.3 Å². The molecule has 1 heterocycles. The molecule has 7 heteroatoms. The third kappa shape index (κ3) is 4.49. The van der Waals surface area contributed by atoms with Crippen LogP contribution in [0.25, 0.3) is 0 Å². The van der Waals surface area contributed by atoms with E-state index in [1.165, 1.54) is 6.20 Å². The Morgan fingerprint density at radius 2 is 2.21 bits per heavy atom. The number of hydrogen-bond donors (Lipinski definition) is 3. The van der Waals surface area contributed by atoms with Crippen LogP contribution in [0.4, 0.5) is 5.69 Å². The molecule has 6 nitrogen and oxygen atoms in total. The fourth-order valence-corrected chi connectivity index (χ4v) is 1.94. The van der Waals surface area contributed by atoms with Crippen LogP contribution in [0, 0.1) is 5.92 Å². The van der Waals surface area contributed by atoms with Gasteiger partial charge in [-0.2, -0.15) is 5.10 Å². The summed E-state index contributed by atoms with van der Waals surface area (Å²) in [5.74, 6) is 0.320. The van der Waals surface area contributed by atoms with Crippen LogP contribution in [-0.4, -0.2) is 39.8 Å². The maximum Gasteiger partial charge on any atom is 0.287 e. The molecule has 0 aliphatic carbocycles. The summed E-state index contributed by atoms with van der Waals surface area (Å²) in [5.41, 5.74) is 0.0631. The summed E-state index contributed by atoms with van der Waals surface area (Å²) in [6.07, 6.45) is 3.11. The average Bonchev–Trinajstić information content (AvgIpc) is 2.42. The number of aromatic nitrogens is 2. The Kier molecular flexibility index (Phi) is 6.83. The minimum absolute atomic E-state index is 0.0716. The summed E-state index contributed by atoms with van der Waals surface area (Å²) in [6, 6.07) is 0. The predicted octanol–water partition coefficient (Wildman–Crippen LogP) is 0.710.